The summed E-state index contributed by atoms with van der Waals surface area (Å²) in [5, 5.41) is 0. The van der Waals surface area contributed by atoms with E-state index in [1.165, 1.54) is 12.8 Å². The zero-order chi connectivity index (χ0) is 24.4. The second kappa shape index (κ2) is 8.78. The number of allylic oxidation sites excluding steroid dienone is 2. The van der Waals surface area contributed by atoms with Crippen molar-refractivity contribution in [2.45, 2.75) is 83.9 Å². The van der Waals surface area contributed by atoms with E-state index in [1.807, 2.05) is 11.1 Å². The molecule has 2 aromatic carbocycles. The third-order valence-electron chi connectivity index (χ3n) is 10.1. The minimum atomic E-state index is -3.45. The normalized spacial score (nSPS) is 22.8. The van der Waals surface area contributed by atoms with Gasteiger partial charge in [-0.2, -0.15) is 0 Å². The fourth-order valence-corrected chi connectivity index (χ4v) is 280. The van der Waals surface area contributed by atoms with E-state index in [9.17, 15) is 0 Å². The molecule has 1 saturated heterocycles. The first-order valence-corrected chi connectivity index (χ1v) is 40.8. The first kappa shape index (κ1) is 25.1. The number of aryl methyl sites for hydroxylation is 4. The first-order valence-electron chi connectivity index (χ1n) is 13.9. The Labute approximate surface area is 213 Å². The van der Waals surface area contributed by atoms with Crippen LogP contribution in [0.25, 0.3) is 12.2 Å². The Kier molecular flexibility index (Phi) is 6.48. The van der Waals surface area contributed by atoms with Crippen LogP contribution in [-0.4, -0.2) is 21.6 Å². The predicted molar refractivity (Wildman–Crippen MR) is 158 cm³/mol. The molecule has 1 aliphatic heterocycles. The van der Waals surface area contributed by atoms with Crippen molar-refractivity contribution in [2.24, 2.45) is 0 Å². The minimum absolute atomic E-state index is 0.00624. The summed E-state index contributed by atoms with van der Waals surface area (Å²) in [5.41, 5.74) is 17.0. The molecule has 0 aromatic heterocycles. The average Bonchev–Trinajstić information content (AvgIpc) is 3.54. The van der Waals surface area contributed by atoms with Crippen LogP contribution in [0.15, 0.2) is 35.4 Å². The van der Waals surface area contributed by atoms with Gasteiger partial charge in [-0.1, -0.05) is 0 Å². The van der Waals surface area contributed by atoms with Gasteiger partial charge in [-0.3, -0.25) is 0 Å². The summed E-state index contributed by atoms with van der Waals surface area (Å²) < 4.78 is 7.66. The monoisotopic (exact) mass is 668 g/mol. The topological polar surface area (TPSA) is 0 Å². The molecule has 0 saturated carbocycles. The molecule has 1 heterocycles. The molecular formula is C30H44HfSi3. The summed E-state index contributed by atoms with van der Waals surface area (Å²) in [4.78, 5) is 0. The zero-order valence-electron chi connectivity index (χ0n) is 22.9. The molecule has 3 aliphatic rings. The Hall–Kier alpha value is -0.559. The molecule has 34 heavy (non-hydrogen) atoms. The van der Waals surface area contributed by atoms with Crippen molar-refractivity contribution in [1.29, 1.82) is 0 Å². The molecule has 2 atom stereocenters. The van der Waals surface area contributed by atoms with Crippen molar-refractivity contribution >= 4 is 33.8 Å². The third kappa shape index (κ3) is 3.41. The van der Waals surface area contributed by atoms with E-state index in [2.05, 4.69) is 87.3 Å². The Morgan fingerprint density at radius 1 is 0.647 bits per heavy atom. The Morgan fingerprint density at radius 3 is 1.32 bits per heavy atom. The van der Waals surface area contributed by atoms with Gasteiger partial charge >= 0.3 is 215 Å². The second-order valence-corrected chi connectivity index (χ2v) is 93.2. The molecule has 2 aliphatic carbocycles. The van der Waals surface area contributed by atoms with Gasteiger partial charge < -0.3 is 0 Å². The molecule has 0 amide bonds. The number of benzene rings is 2. The van der Waals surface area contributed by atoms with E-state index in [-0.39, 0.29) is 4.53 Å². The number of rotatable bonds is 6. The van der Waals surface area contributed by atoms with Crippen LogP contribution in [-0.2, 0) is 42.8 Å². The Balaban J connectivity index is 1.86. The van der Waals surface area contributed by atoms with Crippen LogP contribution in [0, 0.1) is 0 Å². The summed E-state index contributed by atoms with van der Waals surface area (Å²) in [7, 11) is 0.647. The Bertz CT molecular complexity index is 1240. The maximum absolute atomic E-state index is 3.45. The molecule has 0 radical (unpaired) electrons. The van der Waals surface area contributed by atoms with Gasteiger partial charge in [0.2, 0.25) is 0 Å². The summed E-state index contributed by atoms with van der Waals surface area (Å²) in [6.07, 6.45) is 10.0. The third-order valence-corrected chi connectivity index (χ3v) is 175. The van der Waals surface area contributed by atoms with Gasteiger partial charge in [0, 0.05) is 0 Å². The van der Waals surface area contributed by atoms with Crippen molar-refractivity contribution < 1.29 is 17.1 Å². The number of fused-ring (bicyclic) bond motifs is 2. The molecule has 2 aromatic rings. The summed E-state index contributed by atoms with van der Waals surface area (Å²) in [6, 6.07) is 9.94. The van der Waals surface area contributed by atoms with E-state index < -0.39 is 17.1 Å². The fraction of sp³-hybridized carbons (Fsp3) is 0.467. The molecule has 5 rings (SSSR count). The van der Waals surface area contributed by atoms with Gasteiger partial charge in [-0.15, -0.1) is 0 Å². The SMILES string of the molecule is CCc1ccc(CC)c2c1C=C(C)[CH]2[Hf]([CH3])([CH3])([CH]1C(C)=Cc2c(CC)ccc(CC)c21)=[Si]1[SiH2][SiH2]1. The number of hydrogen-bond acceptors (Lipinski definition) is 0. The van der Waals surface area contributed by atoms with Crippen molar-refractivity contribution in [3.63, 3.8) is 0 Å². The molecule has 180 valence electrons. The van der Waals surface area contributed by atoms with Gasteiger partial charge in [-0.25, -0.2) is 0 Å². The molecule has 0 nitrogen and oxygen atoms in total. The van der Waals surface area contributed by atoms with E-state index in [1.54, 1.807) is 44.5 Å². The summed E-state index contributed by atoms with van der Waals surface area (Å²) >= 11 is -3.45. The van der Waals surface area contributed by atoms with Crippen LogP contribution in [0.5, 0.6) is 0 Å². The summed E-state index contributed by atoms with van der Waals surface area (Å²) in [5.74, 6) is 0. The Morgan fingerprint density at radius 2 is 1.00 bits per heavy atom. The first-order chi connectivity index (χ1) is 16.2. The molecule has 0 N–H and O–H groups in total. The van der Waals surface area contributed by atoms with Gasteiger partial charge in [0.15, 0.2) is 0 Å². The van der Waals surface area contributed by atoms with E-state index >= 15 is 0 Å². The van der Waals surface area contributed by atoms with Crippen molar-refractivity contribution in [3.8, 4) is 0 Å². The quantitative estimate of drug-likeness (QED) is 0.306. The van der Waals surface area contributed by atoms with E-state index in [4.69, 9.17) is 0 Å². The van der Waals surface area contributed by atoms with Gasteiger partial charge in [0.25, 0.3) is 0 Å². The molecule has 2 unspecified atom stereocenters. The zero-order valence-corrected chi connectivity index (χ0v) is 30.3. The molecular weight excluding hydrogens is 623 g/mol. The van der Waals surface area contributed by atoms with Gasteiger partial charge in [0.05, 0.1) is 0 Å². The molecule has 4 heteroatoms. The summed E-state index contributed by atoms with van der Waals surface area (Å²) in [6.45, 7) is 14.6. The second-order valence-electron chi connectivity index (χ2n) is 12.2. The molecule has 1 fully saturated rings. The average molecular weight is 667 g/mol. The van der Waals surface area contributed by atoms with Crippen molar-refractivity contribution in [2.75, 3.05) is 0 Å². The van der Waals surface area contributed by atoms with Crippen molar-refractivity contribution in [3.05, 3.63) is 79.9 Å². The van der Waals surface area contributed by atoms with Gasteiger partial charge in [-0.05, 0) is 0 Å². The van der Waals surface area contributed by atoms with Gasteiger partial charge in [0.1, 0.15) is 0 Å². The molecule has 0 spiro atoms. The van der Waals surface area contributed by atoms with Crippen molar-refractivity contribution in [1.82, 2.24) is 0 Å². The van der Waals surface area contributed by atoms with E-state index in [0.717, 1.165) is 20.2 Å². The van der Waals surface area contributed by atoms with Crippen LogP contribution in [0.3, 0.4) is 0 Å². The fourth-order valence-electron chi connectivity index (χ4n) is 8.50. The van der Waals surface area contributed by atoms with Crippen LogP contribution >= 0.6 is 0 Å². The van der Waals surface area contributed by atoms with Crippen LogP contribution in [0.1, 0.15) is 93.4 Å². The molecule has 0 bridgehead atoms. The number of hydrogen-bond donors (Lipinski definition) is 0. The maximum atomic E-state index is 3.03. The van der Waals surface area contributed by atoms with Crippen LogP contribution in [0.4, 0.5) is 0 Å². The van der Waals surface area contributed by atoms with Crippen LogP contribution in [0.2, 0.25) is 9.36 Å². The standard InChI is InChI=1S/2C14H17.2CH3.Hf.H4Si3/c2*1-4-11-6-7-12(5-2)14-9-10(3)8-13(11)14;;;;1-2-3-1/h2*6-9H,4-5H2,1-3H3;2*1H3;;1-2H2. The van der Waals surface area contributed by atoms with E-state index in [0.29, 0.717) is 17.1 Å². The van der Waals surface area contributed by atoms with Crippen LogP contribution < -0.4 is 0 Å². The predicted octanol–water partition coefficient (Wildman–Crippen LogP) is 6.59.